The zero-order chi connectivity index (χ0) is 11.2. The third kappa shape index (κ3) is 4.81. The van der Waals surface area contributed by atoms with Crippen molar-refractivity contribution >= 4 is 0 Å². The number of nitrogens with one attached hydrogen (secondary N) is 1. The second-order valence-electron chi connectivity index (χ2n) is 5.25. The van der Waals surface area contributed by atoms with Crippen LogP contribution in [0.5, 0.6) is 0 Å². The minimum atomic E-state index is 0.411. The summed E-state index contributed by atoms with van der Waals surface area (Å²) in [6.45, 7) is 7.90. The molecule has 1 atom stereocenters. The summed E-state index contributed by atoms with van der Waals surface area (Å²) in [4.78, 5) is 2.51. The van der Waals surface area contributed by atoms with Gasteiger partial charge in [0.05, 0.1) is 12.7 Å². The van der Waals surface area contributed by atoms with Crippen LogP contribution in [0.1, 0.15) is 39.0 Å². The summed E-state index contributed by atoms with van der Waals surface area (Å²) in [5.41, 5.74) is 0. The Balaban J connectivity index is 1.41. The topological polar surface area (TPSA) is 24.5 Å². The van der Waals surface area contributed by atoms with Crippen molar-refractivity contribution in [2.45, 2.75) is 51.2 Å². The highest BCUT2D eigenvalue weighted by molar-refractivity contribution is 4.80. The van der Waals surface area contributed by atoms with Gasteiger partial charge in [0, 0.05) is 12.6 Å². The minimum Gasteiger partial charge on any atom is -0.377 e. The lowest BCUT2D eigenvalue weighted by atomic mass is 10.3. The van der Waals surface area contributed by atoms with Gasteiger partial charge in [0.15, 0.2) is 0 Å². The molecule has 3 nitrogen and oxygen atoms in total. The lowest BCUT2D eigenvalue weighted by Crippen LogP contribution is -2.27. The van der Waals surface area contributed by atoms with E-state index in [1.165, 1.54) is 38.8 Å². The first kappa shape index (κ1) is 12.3. The molecule has 0 aromatic carbocycles. The lowest BCUT2D eigenvalue weighted by molar-refractivity contribution is 0.0474. The number of nitrogens with zero attached hydrogens (tertiary/aromatic N) is 1. The quantitative estimate of drug-likeness (QED) is 0.681. The molecular formula is C13H26N2O. The Morgan fingerprint density at radius 3 is 2.75 bits per heavy atom. The SMILES string of the molecule is CC(CCNC1CC1)OCCN1CCCC1. The average molecular weight is 226 g/mol. The van der Waals surface area contributed by atoms with Crippen LogP contribution in [-0.4, -0.2) is 49.8 Å². The summed E-state index contributed by atoms with van der Waals surface area (Å²) in [7, 11) is 0. The Morgan fingerprint density at radius 2 is 2.06 bits per heavy atom. The van der Waals surface area contributed by atoms with Gasteiger partial charge in [-0.3, -0.25) is 0 Å². The normalized spacial score (nSPS) is 23.8. The van der Waals surface area contributed by atoms with E-state index in [-0.39, 0.29) is 0 Å². The van der Waals surface area contributed by atoms with Gasteiger partial charge in [-0.25, -0.2) is 0 Å². The van der Waals surface area contributed by atoms with E-state index in [1.807, 2.05) is 0 Å². The van der Waals surface area contributed by atoms with Crippen LogP contribution in [0.3, 0.4) is 0 Å². The number of hydrogen-bond acceptors (Lipinski definition) is 3. The molecule has 3 heteroatoms. The van der Waals surface area contributed by atoms with E-state index in [1.54, 1.807) is 0 Å². The van der Waals surface area contributed by atoms with Crippen LogP contribution in [0.2, 0.25) is 0 Å². The Kier molecular flexibility index (Phi) is 5.07. The molecule has 1 heterocycles. The van der Waals surface area contributed by atoms with Crippen molar-refractivity contribution in [2.24, 2.45) is 0 Å². The van der Waals surface area contributed by atoms with E-state index in [0.29, 0.717) is 6.10 Å². The zero-order valence-corrected chi connectivity index (χ0v) is 10.6. The van der Waals surface area contributed by atoms with Gasteiger partial charge in [0.1, 0.15) is 0 Å². The Morgan fingerprint density at radius 1 is 1.31 bits per heavy atom. The molecule has 2 rings (SSSR count). The maximum atomic E-state index is 5.82. The molecule has 1 aliphatic heterocycles. The van der Waals surface area contributed by atoms with Crippen molar-refractivity contribution in [3.05, 3.63) is 0 Å². The first-order chi connectivity index (χ1) is 7.84. The molecule has 0 radical (unpaired) electrons. The molecule has 1 N–H and O–H groups in total. The smallest absolute Gasteiger partial charge is 0.0597 e. The Hall–Kier alpha value is -0.120. The Bertz CT molecular complexity index is 188. The molecule has 1 saturated carbocycles. The van der Waals surface area contributed by atoms with Crippen LogP contribution in [0, 0.1) is 0 Å². The fourth-order valence-electron chi connectivity index (χ4n) is 2.25. The molecule has 1 saturated heterocycles. The minimum absolute atomic E-state index is 0.411. The first-order valence-electron chi connectivity index (χ1n) is 6.92. The standard InChI is InChI=1S/C13H26N2O/c1-12(6-7-14-13-4-5-13)16-11-10-15-8-2-3-9-15/h12-14H,2-11H2,1H3. The van der Waals surface area contributed by atoms with Gasteiger partial charge in [-0.1, -0.05) is 0 Å². The van der Waals surface area contributed by atoms with Gasteiger partial charge >= 0.3 is 0 Å². The molecular weight excluding hydrogens is 200 g/mol. The number of hydrogen-bond donors (Lipinski definition) is 1. The molecule has 2 fully saturated rings. The maximum absolute atomic E-state index is 5.82. The second kappa shape index (κ2) is 6.58. The summed E-state index contributed by atoms with van der Waals surface area (Å²) in [6.07, 6.45) is 7.07. The highest BCUT2D eigenvalue weighted by atomic mass is 16.5. The summed E-state index contributed by atoms with van der Waals surface area (Å²) in [6, 6.07) is 0.830. The van der Waals surface area contributed by atoms with Crippen molar-refractivity contribution in [1.29, 1.82) is 0 Å². The van der Waals surface area contributed by atoms with Crippen LogP contribution in [0.25, 0.3) is 0 Å². The van der Waals surface area contributed by atoms with Crippen LogP contribution >= 0.6 is 0 Å². The predicted octanol–water partition coefficient (Wildman–Crippen LogP) is 1.63. The van der Waals surface area contributed by atoms with E-state index in [4.69, 9.17) is 4.74 Å². The highest BCUT2D eigenvalue weighted by Gasteiger charge is 2.20. The largest absolute Gasteiger partial charge is 0.377 e. The van der Waals surface area contributed by atoms with Gasteiger partial charge in [-0.2, -0.15) is 0 Å². The van der Waals surface area contributed by atoms with Gasteiger partial charge in [0.2, 0.25) is 0 Å². The molecule has 1 aliphatic carbocycles. The van der Waals surface area contributed by atoms with Crippen LogP contribution in [-0.2, 0) is 4.74 Å². The van der Waals surface area contributed by atoms with E-state index >= 15 is 0 Å². The third-order valence-corrected chi connectivity index (χ3v) is 3.57. The van der Waals surface area contributed by atoms with E-state index in [0.717, 1.165) is 32.2 Å². The molecule has 94 valence electrons. The monoisotopic (exact) mass is 226 g/mol. The van der Waals surface area contributed by atoms with Crippen molar-refractivity contribution in [1.82, 2.24) is 10.2 Å². The van der Waals surface area contributed by atoms with Gasteiger partial charge in [-0.15, -0.1) is 0 Å². The molecule has 0 aromatic heterocycles. The van der Waals surface area contributed by atoms with Crippen LogP contribution in [0.4, 0.5) is 0 Å². The fourth-order valence-corrected chi connectivity index (χ4v) is 2.25. The molecule has 1 unspecified atom stereocenters. The summed E-state index contributed by atoms with van der Waals surface area (Å²) in [5, 5.41) is 3.53. The van der Waals surface area contributed by atoms with E-state index in [2.05, 4.69) is 17.1 Å². The predicted molar refractivity (Wildman–Crippen MR) is 66.7 cm³/mol. The summed E-state index contributed by atoms with van der Waals surface area (Å²) in [5.74, 6) is 0. The first-order valence-corrected chi connectivity index (χ1v) is 6.92. The van der Waals surface area contributed by atoms with Gasteiger partial charge < -0.3 is 15.0 Å². The lowest BCUT2D eigenvalue weighted by Gasteiger charge is -2.17. The van der Waals surface area contributed by atoms with Gasteiger partial charge in [-0.05, 0) is 58.7 Å². The Labute approximate surface area is 99.5 Å². The van der Waals surface area contributed by atoms with E-state index < -0.39 is 0 Å². The molecule has 16 heavy (non-hydrogen) atoms. The third-order valence-electron chi connectivity index (χ3n) is 3.57. The highest BCUT2D eigenvalue weighted by Crippen LogP contribution is 2.18. The van der Waals surface area contributed by atoms with Crippen molar-refractivity contribution in [3.63, 3.8) is 0 Å². The number of ether oxygens (including phenoxy) is 1. The van der Waals surface area contributed by atoms with E-state index in [9.17, 15) is 0 Å². The number of likely N-dealkylation sites (tertiary alicyclic amines) is 1. The van der Waals surface area contributed by atoms with Crippen LogP contribution in [0.15, 0.2) is 0 Å². The van der Waals surface area contributed by atoms with Gasteiger partial charge in [0.25, 0.3) is 0 Å². The van der Waals surface area contributed by atoms with Crippen molar-refractivity contribution in [2.75, 3.05) is 32.8 Å². The average Bonchev–Trinajstić information content (AvgIpc) is 2.94. The molecule has 0 amide bonds. The van der Waals surface area contributed by atoms with Crippen LogP contribution < -0.4 is 5.32 Å². The molecule has 2 aliphatic rings. The summed E-state index contributed by atoms with van der Waals surface area (Å²) >= 11 is 0. The second-order valence-corrected chi connectivity index (χ2v) is 5.25. The van der Waals surface area contributed by atoms with Crippen molar-refractivity contribution < 1.29 is 4.74 Å². The molecule has 0 aromatic rings. The maximum Gasteiger partial charge on any atom is 0.0597 e. The molecule has 0 spiro atoms. The zero-order valence-electron chi connectivity index (χ0n) is 10.6. The number of rotatable bonds is 8. The van der Waals surface area contributed by atoms with Crippen molar-refractivity contribution in [3.8, 4) is 0 Å². The molecule has 0 bridgehead atoms. The summed E-state index contributed by atoms with van der Waals surface area (Å²) < 4.78 is 5.82. The fraction of sp³-hybridized carbons (Fsp3) is 1.00.